The number of aromatic nitrogens is 3. The Morgan fingerprint density at radius 2 is 2.00 bits per heavy atom. The Labute approximate surface area is 145 Å². The molecular weight excluding hydrogens is 324 g/mol. The van der Waals surface area contributed by atoms with E-state index in [2.05, 4.69) is 51.3 Å². The zero-order valence-corrected chi connectivity index (χ0v) is 14.5. The van der Waals surface area contributed by atoms with E-state index >= 15 is 0 Å². The summed E-state index contributed by atoms with van der Waals surface area (Å²) in [5.41, 5.74) is 6.79. The number of hydrogen-bond acceptors (Lipinski definition) is 6. The zero-order valence-electron chi connectivity index (χ0n) is 13.7. The van der Waals surface area contributed by atoms with Crippen molar-refractivity contribution in [3.63, 3.8) is 0 Å². The minimum atomic E-state index is 0.121. The van der Waals surface area contributed by atoms with Gasteiger partial charge in [0.05, 0.1) is 5.75 Å². The molecule has 24 heavy (non-hydrogen) atoms. The lowest BCUT2D eigenvalue weighted by atomic mass is 10.1. The van der Waals surface area contributed by atoms with Gasteiger partial charge in [0.2, 0.25) is 17.0 Å². The van der Waals surface area contributed by atoms with Crippen LogP contribution < -0.4 is 5.73 Å². The highest BCUT2D eigenvalue weighted by molar-refractivity contribution is 7.99. The largest absolute Gasteiger partial charge is 0.368 e. The van der Waals surface area contributed by atoms with Crippen LogP contribution in [0.3, 0.4) is 0 Å². The molecule has 2 heterocycles. The van der Waals surface area contributed by atoms with E-state index in [0.29, 0.717) is 17.0 Å². The molecule has 3 rings (SSSR count). The Balaban J connectivity index is 1.47. The van der Waals surface area contributed by atoms with Crippen LogP contribution in [0.2, 0.25) is 0 Å². The highest BCUT2D eigenvalue weighted by Gasteiger charge is 2.24. The number of piperazine rings is 1. The minimum absolute atomic E-state index is 0.121. The topological polar surface area (TPSA) is 91.1 Å². The highest BCUT2D eigenvalue weighted by atomic mass is 32.2. The number of H-pyrrole nitrogens is 1. The first-order valence-electron chi connectivity index (χ1n) is 8.01. The van der Waals surface area contributed by atoms with Gasteiger partial charge in [-0.15, -0.1) is 5.10 Å². The van der Waals surface area contributed by atoms with E-state index in [1.165, 1.54) is 17.3 Å². The van der Waals surface area contributed by atoms with E-state index in [1.54, 1.807) is 0 Å². The third-order valence-corrected chi connectivity index (χ3v) is 5.14. The number of benzene rings is 1. The maximum atomic E-state index is 12.3. The Morgan fingerprint density at radius 1 is 1.29 bits per heavy atom. The van der Waals surface area contributed by atoms with Crippen LogP contribution in [0, 0.1) is 0 Å². The zero-order chi connectivity index (χ0) is 16.9. The van der Waals surface area contributed by atoms with Gasteiger partial charge in [-0.3, -0.25) is 9.69 Å². The van der Waals surface area contributed by atoms with E-state index in [9.17, 15) is 4.79 Å². The number of thioether (sulfide) groups is 1. The van der Waals surface area contributed by atoms with E-state index in [0.717, 1.165) is 26.2 Å². The molecule has 3 N–H and O–H groups in total. The summed E-state index contributed by atoms with van der Waals surface area (Å²) in [6.07, 6.45) is 0. The number of nitrogens with one attached hydrogen (secondary N) is 1. The van der Waals surface area contributed by atoms with Crippen LogP contribution in [0.1, 0.15) is 18.5 Å². The standard InChI is InChI=1S/C16H22N6OS/c1-12(13-5-3-2-4-6-13)21-7-9-22(10-8-21)14(23)11-24-16-18-15(17)19-20-16/h2-6,12H,7-11H2,1H3,(H3,17,18,19,20). The van der Waals surface area contributed by atoms with Crippen LogP contribution in [0.5, 0.6) is 0 Å². The van der Waals surface area contributed by atoms with Crippen LogP contribution in [-0.4, -0.2) is 62.8 Å². The van der Waals surface area contributed by atoms with Crippen molar-refractivity contribution in [2.24, 2.45) is 0 Å². The Morgan fingerprint density at radius 3 is 2.62 bits per heavy atom. The van der Waals surface area contributed by atoms with Crippen molar-refractivity contribution >= 4 is 23.6 Å². The summed E-state index contributed by atoms with van der Waals surface area (Å²) in [7, 11) is 0. The minimum Gasteiger partial charge on any atom is -0.368 e. The molecule has 128 valence electrons. The number of nitrogens with two attached hydrogens (primary N) is 1. The molecule has 1 atom stereocenters. The second kappa shape index (κ2) is 7.67. The van der Waals surface area contributed by atoms with Gasteiger partial charge in [-0.05, 0) is 12.5 Å². The number of amides is 1. The van der Waals surface area contributed by atoms with E-state index in [-0.39, 0.29) is 11.9 Å². The lowest BCUT2D eigenvalue weighted by molar-refractivity contribution is -0.130. The number of carbonyl (C=O) groups excluding carboxylic acids is 1. The number of aromatic amines is 1. The van der Waals surface area contributed by atoms with Crippen LogP contribution in [-0.2, 0) is 4.79 Å². The average molecular weight is 346 g/mol. The van der Waals surface area contributed by atoms with Gasteiger partial charge in [-0.1, -0.05) is 42.1 Å². The molecule has 1 aromatic heterocycles. The highest BCUT2D eigenvalue weighted by Crippen LogP contribution is 2.22. The summed E-state index contributed by atoms with van der Waals surface area (Å²) in [5.74, 6) is 0.731. The van der Waals surface area contributed by atoms with Gasteiger partial charge < -0.3 is 10.6 Å². The fourth-order valence-electron chi connectivity index (χ4n) is 2.84. The molecule has 1 aliphatic heterocycles. The molecule has 1 fully saturated rings. The molecule has 0 saturated carbocycles. The van der Waals surface area contributed by atoms with Crippen molar-refractivity contribution in [1.29, 1.82) is 0 Å². The molecule has 7 nitrogen and oxygen atoms in total. The van der Waals surface area contributed by atoms with Crippen molar-refractivity contribution < 1.29 is 4.79 Å². The van der Waals surface area contributed by atoms with Crippen molar-refractivity contribution in [2.45, 2.75) is 18.1 Å². The van der Waals surface area contributed by atoms with Gasteiger partial charge in [0.15, 0.2) is 0 Å². The van der Waals surface area contributed by atoms with E-state index in [4.69, 9.17) is 5.73 Å². The van der Waals surface area contributed by atoms with Gasteiger partial charge in [0.1, 0.15) is 0 Å². The first kappa shape index (κ1) is 16.8. The summed E-state index contributed by atoms with van der Waals surface area (Å²) in [6, 6.07) is 10.8. The molecule has 1 saturated heterocycles. The first-order valence-corrected chi connectivity index (χ1v) is 8.99. The second-order valence-corrected chi connectivity index (χ2v) is 6.74. The maximum absolute atomic E-state index is 12.3. The summed E-state index contributed by atoms with van der Waals surface area (Å²) in [6.45, 7) is 5.51. The Kier molecular flexibility index (Phi) is 5.37. The van der Waals surface area contributed by atoms with Crippen LogP contribution in [0.15, 0.2) is 35.5 Å². The summed E-state index contributed by atoms with van der Waals surface area (Å²) >= 11 is 1.31. The number of hydrogen-bond donors (Lipinski definition) is 2. The predicted molar refractivity (Wildman–Crippen MR) is 94.5 cm³/mol. The van der Waals surface area contributed by atoms with Crippen molar-refractivity contribution in [1.82, 2.24) is 25.0 Å². The van der Waals surface area contributed by atoms with Gasteiger partial charge in [-0.25, -0.2) is 5.10 Å². The number of carbonyl (C=O) groups is 1. The number of nitrogen functional groups attached to an aromatic ring is 1. The monoisotopic (exact) mass is 346 g/mol. The normalized spacial score (nSPS) is 17.0. The second-order valence-electron chi connectivity index (χ2n) is 5.80. The number of anilines is 1. The van der Waals surface area contributed by atoms with Gasteiger partial charge >= 0.3 is 0 Å². The van der Waals surface area contributed by atoms with Crippen molar-refractivity contribution in [3.8, 4) is 0 Å². The summed E-state index contributed by atoms with van der Waals surface area (Å²) < 4.78 is 0. The fourth-order valence-corrected chi connectivity index (χ4v) is 3.55. The molecule has 2 aromatic rings. The van der Waals surface area contributed by atoms with E-state index < -0.39 is 0 Å². The first-order chi connectivity index (χ1) is 11.6. The SMILES string of the molecule is CC(c1ccccc1)N1CCN(C(=O)CSc2n[nH]c(N)n2)CC1. The molecule has 0 aliphatic carbocycles. The fraction of sp³-hybridized carbons (Fsp3) is 0.438. The third-order valence-electron chi connectivity index (χ3n) is 4.30. The lowest BCUT2D eigenvalue weighted by Crippen LogP contribution is -2.49. The molecule has 0 spiro atoms. The van der Waals surface area contributed by atoms with Crippen molar-refractivity contribution in [3.05, 3.63) is 35.9 Å². The van der Waals surface area contributed by atoms with Crippen LogP contribution in [0.25, 0.3) is 0 Å². The summed E-state index contributed by atoms with van der Waals surface area (Å²) in [4.78, 5) is 20.6. The smallest absolute Gasteiger partial charge is 0.233 e. The summed E-state index contributed by atoms with van der Waals surface area (Å²) in [5, 5.41) is 7.01. The Bertz CT molecular complexity index is 668. The molecule has 1 unspecified atom stereocenters. The number of rotatable bonds is 5. The third kappa shape index (κ3) is 4.07. The Hall–Kier alpha value is -2.06. The molecule has 8 heteroatoms. The molecule has 1 aliphatic rings. The van der Waals surface area contributed by atoms with Gasteiger partial charge in [0, 0.05) is 32.2 Å². The van der Waals surface area contributed by atoms with Gasteiger partial charge in [0.25, 0.3) is 0 Å². The lowest BCUT2D eigenvalue weighted by Gasteiger charge is -2.38. The average Bonchev–Trinajstić information content (AvgIpc) is 3.05. The van der Waals surface area contributed by atoms with Crippen molar-refractivity contribution in [2.75, 3.05) is 37.7 Å². The quantitative estimate of drug-likeness (QED) is 0.795. The van der Waals surface area contributed by atoms with Crippen LogP contribution >= 0.6 is 11.8 Å². The maximum Gasteiger partial charge on any atom is 0.233 e. The van der Waals surface area contributed by atoms with Gasteiger partial charge in [-0.2, -0.15) is 4.98 Å². The molecule has 1 amide bonds. The predicted octanol–water partition coefficient (Wildman–Crippen LogP) is 1.38. The van der Waals surface area contributed by atoms with E-state index in [1.807, 2.05) is 11.0 Å². The number of nitrogens with zero attached hydrogens (tertiary/aromatic N) is 4. The van der Waals surface area contributed by atoms with Crippen LogP contribution in [0.4, 0.5) is 5.95 Å². The molecule has 0 bridgehead atoms. The molecular formula is C16H22N6OS. The molecule has 1 aromatic carbocycles. The molecule has 0 radical (unpaired) electrons.